The summed E-state index contributed by atoms with van der Waals surface area (Å²) in [4.78, 5) is 8.48. The van der Waals surface area contributed by atoms with Crippen LogP contribution in [0.25, 0.3) is 0 Å². The van der Waals surface area contributed by atoms with Gasteiger partial charge in [0.2, 0.25) is 0 Å². The molecule has 0 fully saturated rings. The van der Waals surface area contributed by atoms with Gasteiger partial charge in [0, 0.05) is 13.0 Å². The summed E-state index contributed by atoms with van der Waals surface area (Å²) in [7, 11) is 0. The van der Waals surface area contributed by atoms with Gasteiger partial charge in [-0.05, 0) is 12.1 Å². The van der Waals surface area contributed by atoms with E-state index in [2.05, 4.69) is 15.3 Å². The SMILES string of the molecule is NC(=S)c1cnc(NCCc2ccco2)cn1. The van der Waals surface area contributed by atoms with Crippen molar-refractivity contribution in [3.05, 3.63) is 42.2 Å². The van der Waals surface area contributed by atoms with Crippen molar-refractivity contribution in [3.8, 4) is 0 Å². The Morgan fingerprint density at radius 3 is 2.88 bits per heavy atom. The smallest absolute Gasteiger partial charge is 0.144 e. The van der Waals surface area contributed by atoms with Gasteiger partial charge in [-0.3, -0.25) is 0 Å². The second-order valence-corrected chi connectivity index (χ2v) is 3.85. The lowest BCUT2D eigenvalue weighted by atomic mass is 10.3. The van der Waals surface area contributed by atoms with Crippen LogP contribution in [-0.2, 0) is 6.42 Å². The zero-order valence-electron chi connectivity index (χ0n) is 9.09. The van der Waals surface area contributed by atoms with E-state index in [0.29, 0.717) is 11.5 Å². The number of nitrogens with one attached hydrogen (secondary N) is 1. The van der Waals surface area contributed by atoms with Crippen molar-refractivity contribution in [2.45, 2.75) is 6.42 Å². The summed E-state index contributed by atoms with van der Waals surface area (Å²) in [5.41, 5.74) is 5.95. The molecule has 0 atom stereocenters. The van der Waals surface area contributed by atoms with E-state index in [4.69, 9.17) is 22.4 Å². The minimum Gasteiger partial charge on any atom is -0.469 e. The average molecular weight is 248 g/mol. The summed E-state index contributed by atoms with van der Waals surface area (Å²) >= 11 is 4.79. The first-order valence-electron chi connectivity index (χ1n) is 5.14. The first kappa shape index (κ1) is 11.5. The van der Waals surface area contributed by atoms with Gasteiger partial charge in [-0.25, -0.2) is 9.97 Å². The molecule has 6 heteroatoms. The Balaban J connectivity index is 1.85. The highest BCUT2D eigenvalue weighted by Crippen LogP contribution is 2.04. The number of furan rings is 1. The standard InChI is InChI=1S/C11H12N4OS/c12-11(17)9-6-15-10(7-14-9)13-4-3-8-2-1-5-16-8/h1-2,5-7H,3-4H2,(H2,12,17)(H,13,15). The van der Waals surface area contributed by atoms with Gasteiger partial charge >= 0.3 is 0 Å². The average Bonchev–Trinajstić information content (AvgIpc) is 2.83. The van der Waals surface area contributed by atoms with Gasteiger partial charge in [-0.2, -0.15) is 0 Å². The van der Waals surface area contributed by atoms with Crippen LogP contribution < -0.4 is 11.1 Å². The molecular formula is C11H12N4OS. The number of hydrogen-bond donors (Lipinski definition) is 2. The van der Waals surface area contributed by atoms with Crippen molar-refractivity contribution in [1.82, 2.24) is 9.97 Å². The topological polar surface area (TPSA) is 77.0 Å². The maximum atomic E-state index is 5.42. The number of thiocarbonyl (C=S) groups is 1. The van der Waals surface area contributed by atoms with Crippen LogP contribution in [0.1, 0.15) is 11.5 Å². The van der Waals surface area contributed by atoms with Crippen molar-refractivity contribution in [2.24, 2.45) is 5.73 Å². The minimum atomic E-state index is 0.250. The van der Waals surface area contributed by atoms with Crippen LogP contribution in [0.3, 0.4) is 0 Å². The van der Waals surface area contributed by atoms with E-state index in [1.54, 1.807) is 18.7 Å². The molecule has 3 N–H and O–H groups in total. The van der Waals surface area contributed by atoms with E-state index < -0.39 is 0 Å². The molecule has 0 aliphatic rings. The summed E-state index contributed by atoms with van der Waals surface area (Å²) in [5.74, 6) is 1.63. The molecule has 17 heavy (non-hydrogen) atoms. The monoisotopic (exact) mass is 248 g/mol. The molecule has 88 valence electrons. The molecule has 2 aromatic heterocycles. The summed E-state index contributed by atoms with van der Waals surface area (Å²) in [6.07, 6.45) is 5.62. The zero-order chi connectivity index (χ0) is 12.1. The van der Waals surface area contributed by atoms with Crippen LogP contribution in [0.5, 0.6) is 0 Å². The van der Waals surface area contributed by atoms with Gasteiger partial charge in [0.15, 0.2) is 0 Å². The molecule has 0 spiro atoms. The highest BCUT2D eigenvalue weighted by Gasteiger charge is 2.00. The molecule has 0 aliphatic heterocycles. The first-order valence-corrected chi connectivity index (χ1v) is 5.54. The lowest BCUT2D eigenvalue weighted by Crippen LogP contribution is -2.13. The third kappa shape index (κ3) is 3.25. The number of hydrogen-bond acceptors (Lipinski definition) is 5. The second kappa shape index (κ2) is 5.40. The van der Waals surface area contributed by atoms with E-state index in [0.717, 1.165) is 18.7 Å². The fourth-order valence-electron chi connectivity index (χ4n) is 1.32. The van der Waals surface area contributed by atoms with E-state index >= 15 is 0 Å². The molecule has 0 amide bonds. The number of nitrogens with two attached hydrogens (primary N) is 1. The first-order chi connectivity index (χ1) is 8.25. The predicted molar refractivity (Wildman–Crippen MR) is 68.8 cm³/mol. The summed E-state index contributed by atoms with van der Waals surface area (Å²) in [6, 6.07) is 3.80. The van der Waals surface area contributed by atoms with Crippen LogP contribution in [0.2, 0.25) is 0 Å². The quantitative estimate of drug-likeness (QED) is 0.778. The van der Waals surface area contributed by atoms with Crippen molar-refractivity contribution in [3.63, 3.8) is 0 Å². The van der Waals surface area contributed by atoms with Gasteiger partial charge in [-0.15, -0.1) is 0 Å². The van der Waals surface area contributed by atoms with Crippen molar-refractivity contribution in [2.75, 3.05) is 11.9 Å². The Bertz CT molecular complexity index is 481. The molecule has 2 aromatic rings. The molecule has 2 heterocycles. The Hall–Kier alpha value is -1.95. The molecule has 5 nitrogen and oxygen atoms in total. The van der Waals surface area contributed by atoms with Gasteiger partial charge in [0.05, 0.1) is 18.7 Å². The molecular weight excluding hydrogens is 236 g/mol. The third-order valence-corrected chi connectivity index (χ3v) is 2.37. The minimum absolute atomic E-state index is 0.250. The predicted octanol–water partition coefficient (Wildman–Crippen LogP) is 1.36. The van der Waals surface area contributed by atoms with Crippen molar-refractivity contribution < 1.29 is 4.42 Å². The summed E-state index contributed by atoms with van der Waals surface area (Å²) < 4.78 is 5.21. The highest BCUT2D eigenvalue weighted by atomic mass is 32.1. The van der Waals surface area contributed by atoms with Crippen LogP contribution in [0.4, 0.5) is 5.82 Å². The molecule has 0 saturated heterocycles. The van der Waals surface area contributed by atoms with E-state index in [-0.39, 0.29) is 4.99 Å². The Labute approximate surface area is 104 Å². The molecule has 2 rings (SSSR count). The Morgan fingerprint density at radius 2 is 2.29 bits per heavy atom. The summed E-state index contributed by atoms with van der Waals surface area (Å²) in [5, 5.41) is 3.13. The van der Waals surface area contributed by atoms with E-state index in [9.17, 15) is 0 Å². The van der Waals surface area contributed by atoms with Gasteiger partial charge < -0.3 is 15.5 Å². The number of aromatic nitrogens is 2. The maximum absolute atomic E-state index is 5.42. The molecule has 0 radical (unpaired) electrons. The molecule has 0 unspecified atom stereocenters. The van der Waals surface area contributed by atoms with E-state index in [1.165, 1.54) is 0 Å². The largest absolute Gasteiger partial charge is 0.469 e. The second-order valence-electron chi connectivity index (χ2n) is 3.41. The van der Waals surface area contributed by atoms with Crippen LogP contribution in [0, 0.1) is 0 Å². The van der Waals surface area contributed by atoms with Crippen LogP contribution >= 0.6 is 12.2 Å². The maximum Gasteiger partial charge on any atom is 0.144 e. The van der Waals surface area contributed by atoms with Gasteiger partial charge in [0.1, 0.15) is 22.3 Å². The molecule has 0 aliphatic carbocycles. The zero-order valence-corrected chi connectivity index (χ0v) is 9.91. The van der Waals surface area contributed by atoms with Crippen molar-refractivity contribution in [1.29, 1.82) is 0 Å². The van der Waals surface area contributed by atoms with Gasteiger partial charge in [0.25, 0.3) is 0 Å². The third-order valence-electron chi connectivity index (χ3n) is 2.16. The highest BCUT2D eigenvalue weighted by molar-refractivity contribution is 7.80. The molecule has 0 saturated carbocycles. The van der Waals surface area contributed by atoms with Gasteiger partial charge in [-0.1, -0.05) is 12.2 Å². The Morgan fingerprint density at radius 1 is 1.41 bits per heavy atom. The lowest BCUT2D eigenvalue weighted by molar-refractivity contribution is 0.513. The number of anilines is 1. The molecule has 0 aromatic carbocycles. The number of rotatable bonds is 5. The normalized spacial score (nSPS) is 10.1. The molecule has 0 bridgehead atoms. The van der Waals surface area contributed by atoms with Crippen LogP contribution in [-0.4, -0.2) is 21.5 Å². The Kier molecular flexibility index (Phi) is 3.66. The lowest BCUT2D eigenvalue weighted by Gasteiger charge is -2.04. The number of nitrogens with zero attached hydrogens (tertiary/aromatic N) is 2. The van der Waals surface area contributed by atoms with Crippen LogP contribution in [0.15, 0.2) is 35.2 Å². The fraction of sp³-hybridized carbons (Fsp3) is 0.182. The fourth-order valence-corrected chi connectivity index (χ4v) is 1.42. The van der Waals surface area contributed by atoms with E-state index in [1.807, 2.05) is 12.1 Å². The summed E-state index contributed by atoms with van der Waals surface area (Å²) in [6.45, 7) is 0.731. The van der Waals surface area contributed by atoms with Crippen molar-refractivity contribution >= 4 is 23.0 Å².